The number of halogens is 3. The van der Waals surface area contributed by atoms with Gasteiger partial charge in [0.2, 0.25) is 0 Å². The number of fused-ring (bicyclic) bond motifs is 1. The van der Waals surface area contributed by atoms with Crippen molar-refractivity contribution in [1.82, 2.24) is 14.8 Å². The van der Waals surface area contributed by atoms with Crippen molar-refractivity contribution >= 4 is 26.7 Å². The van der Waals surface area contributed by atoms with Gasteiger partial charge in [-0.05, 0) is 82.2 Å². The first-order valence-electron chi connectivity index (χ1n) is 13.8. The molecule has 7 nitrogen and oxygen atoms in total. The highest BCUT2D eigenvalue weighted by Gasteiger charge is 2.32. The number of hydrogen-bond donors (Lipinski definition) is 0. The Balaban J connectivity index is 1.62. The smallest absolute Gasteiger partial charge is 0.416 e. The van der Waals surface area contributed by atoms with E-state index in [4.69, 9.17) is 9.72 Å². The Morgan fingerprint density at radius 1 is 1.02 bits per heavy atom. The van der Waals surface area contributed by atoms with Crippen LogP contribution in [0, 0.1) is 0 Å². The molecule has 0 atom stereocenters. The molecule has 3 aromatic rings. The average molecular weight is 590 g/mol. The van der Waals surface area contributed by atoms with E-state index in [2.05, 4.69) is 9.80 Å². The maximum atomic E-state index is 13.7. The van der Waals surface area contributed by atoms with E-state index in [1.54, 1.807) is 6.07 Å². The molecule has 1 aromatic heterocycles. The van der Waals surface area contributed by atoms with Crippen molar-refractivity contribution < 1.29 is 31.1 Å². The molecule has 0 radical (unpaired) electrons. The molecule has 0 bridgehead atoms. The maximum absolute atomic E-state index is 13.7. The second kappa shape index (κ2) is 11.7. The third-order valence-electron chi connectivity index (χ3n) is 8.18. The van der Waals surface area contributed by atoms with Crippen molar-refractivity contribution in [3.8, 4) is 11.3 Å². The van der Waals surface area contributed by atoms with E-state index in [-0.39, 0.29) is 39.2 Å². The number of carbonyl (C=O) groups is 1. The van der Waals surface area contributed by atoms with Gasteiger partial charge in [-0.3, -0.25) is 4.90 Å². The van der Waals surface area contributed by atoms with Crippen molar-refractivity contribution in [1.29, 1.82) is 0 Å². The van der Waals surface area contributed by atoms with E-state index < -0.39 is 27.5 Å². The van der Waals surface area contributed by atoms with Crippen LogP contribution in [0.3, 0.4) is 0 Å². The average Bonchev–Trinajstić information content (AvgIpc) is 2.96. The van der Waals surface area contributed by atoms with Crippen LogP contribution in [-0.2, 0) is 27.3 Å². The highest BCUT2D eigenvalue weighted by atomic mass is 32.2. The summed E-state index contributed by atoms with van der Waals surface area (Å²) < 4.78 is 70.8. The van der Waals surface area contributed by atoms with Gasteiger partial charge in [0.1, 0.15) is 0 Å². The number of esters is 1. The lowest BCUT2D eigenvalue weighted by Crippen LogP contribution is -2.46. The fourth-order valence-corrected chi connectivity index (χ4v) is 6.68. The molecule has 2 saturated heterocycles. The first-order valence-corrected chi connectivity index (χ1v) is 15.7. The quantitative estimate of drug-likeness (QED) is 0.348. The number of piperidine rings is 2. The second-order valence-corrected chi connectivity index (χ2v) is 13.0. The van der Waals surface area contributed by atoms with Crippen molar-refractivity contribution in [2.24, 2.45) is 0 Å². The molecule has 3 heterocycles. The third-order valence-corrected chi connectivity index (χ3v) is 9.29. The van der Waals surface area contributed by atoms with Gasteiger partial charge in [-0.1, -0.05) is 18.6 Å². The minimum absolute atomic E-state index is 0.0112. The van der Waals surface area contributed by atoms with Crippen LogP contribution in [0.25, 0.3) is 22.2 Å². The summed E-state index contributed by atoms with van der Waals surface area (Å²) in [4.78, 5) is 22.8. The zero-order valence-corrected chi connectivity index (χ0v) is 24.0. The summed E-state index contributed by atoms with van der Waals surface area (Å²) in [6.07, 6.45) is 2.10. The zero-order valence-electron chi connectivity index (χ0n) is 23.2. The third kappa shape index (κ3) is 6.42. The number of alkyl halides is 3. The highest BCUT2D eigenvalue weighted by Crippen LogP contribution is 2.37. The molecule has 0 spiro atoms. The Labute approximate surface area is 238 Å². The summed E-state index contributed by atoms with van der Waals surface area (Å²) >= 11 is 0. The fraction of sp³-hybridized carbons (Fsp3) is 0.467. The topological polar surface area (TPSA) is 79.8 Å². The monoisotopic (exact) mass is 589 g/mol. The molecule has 0 amide bonds. The van der Waals surface area contributed by atoms with E-state index in [0.29, 0.717) is 11.6 Å². The molecule has 0 unspecified atom stereocenters. The lowest BCUT2D eigenvalue weighted by molar-refractivity contribution is -0.137. The lowest BCUT2D eigenvalue weighted by atomic mass is 9.94. The maximum Gasteiger partial charge on any atom is 0.416 e. The molecule has 0 N–H and O–H groups in total. The fourth-order valence-electron chi connectivity index (χ4n) is 6.03. The Kier molecular flexibility index (Phi) is 8.41. The number of carbonyl (C=O) groups excluding carboxylic acids is 1. The van der Waals surface area contributed by atoms with E-state index in [9.17, 15) is 26.4 Å². The van der Waals surface area contributed by atoms with Crippen LogP contribution in [0.1, 0.15) is 53.6 Å². The SMILES string of the molecule is COC(=O)c1c(CN2CCC(N3CCCCC3)CC2)c(-c2cccc(C(F)(F)F)c2)nc2ccc(S(C)(=O)=O)cc12. The number of pyridine rings is 1. The van der Waals surface area contributed by atoms with Crippen LogP contribution < -0.4 is 0 Å². The van der Waals surface area contributed by atoms with Crippen LogP contribution >= 0.6 is 0 Å². The molecule has 2 aliphatic heterocycles. The lowest BCUT2D eigenvalue weighted by Gasteiger charge is -2.40. The first-order chi connectivity index (χ1) is 19.5. The first kappa shape index (κ1) is 29.5. The predicted octanol–water partition coefficient (Wildman–Crippen LogP) is 5.56. The Morgan fingerprint density at radius 3 is 2.37 bits per heavy atom. The summed E-state index contributed by atoms with van der Waals surface area (Å²) in [5.41, 5.74) is 0.473. The Bertz CT molecular complexity index is 1540. The minimum Gasteiger partial charge on any atom is -0.465 e. The number of nitrogens with zero attached hydrogens (tertiary/aromatic N) is 3. The molecule has 2 aromatic carbocycles. The molecule has 2 fully saturated rings. The summed E-state index contributed by atoms with van der Waals surface area (Å²) in [5, 5.41) is 0.286. The normalized spacial score (nSPS) is 18.1. The molecule has 11 heteroatoms. The Morgan fingerprint density at radius 2 is 1.73 bits per heavy atom. The van der Waals surface area contributed by atoms with Crippen LogP contribution in [0.2, 0.25) is 0 Å². The number of aromatic nitrogens is 1. The van der Waals surface area contributed by atoms with Gasteiger partial charge >= 0.3 is 12.1 Å². The summed E-state index contributed by atoms with van der Waals surface area (Å²) in [7, 11) is -2.38. The largest absolute Gasteiger partial charge is 0.465 e. The van der Waals surface area contributed by atoms with Gasteiger partial charge in [-0.15, -0.1) is 0 Å². The van der Waals surface area contributed by atoms with Gasteiger partial charge in [-0.2, -0.15) is 13.2 Å². The number of benzene rings is 2. The van der Waals surface area contributed by atoms with E-state index >= 15 is 0 Å². The van der Waals surface area contributed by atoms with Gasteiger partial charge < -0.3 is 9.64 Å². The standard InChI is InChI=1S/C30H34F3N3O4S/c1-40-29(37)27-24-18-23(41(2,38)39)9-10-26(24)34-28(20-7-6-8-21(17-20)30(31,32)33)25(27)19-35-15-11-22(12-16-35)36-13-4-3-5-14-36/h6-10,17-18,22H,3-5,11-16,19H2,1-2H3. The van der Waals surface area contributed by atoms with Gasteiger partial charge in [-0.25, -0.2) is 18.2 Å². The van der Waals surface area contributed by atoms with Crippen LogP contribution in [-0.4, -0.2) is 74.8 Å². The molecule has 0 aliphatic carbocycles. The number of sulfone groups is 1. The van der Waals surface area contributed by atoms with Gasteiger partial charge in [0, 0.05) is 35.4 Å². The minimum atomic E-state index is -4.56. The van der Waals surface area contributed by atoms with Crippen LogP contribution in [0.5, 0.6) is 0 Å². The van der Waals surface area contributed by atoms with Crippen molar-refractivity contribution in [2.75, 3.05) is 39.5 Å². The molecular weight excluding hydrogens is 555 g/mol. The summed E-state index contributed by atoms with van der Waals surface area (Å²) in [6.45, 7) is 3.98. The summed E-state index contributed by atoms with van der Waals surface area (Å²) in [5.74, 6) is -0.700. The molecule has 5 rings (SSSR count). The number of rotatable bonds is 6. The van der Waals surface area contributed by atoms with Gasteiger partial charge in [0.25, 0.3) is 0 Å². The predicted molar refractivity (Wildman–Crippen MR) is 150 cm³/mol. The van der Waals surface area contributed by atoms with E-state index in [0.717, 1.165) is 57.4 Å². The number of ether oxygens (including phenoxy) is 1. The van der Waals surface area contributed by atoms with E-state index in [1.807, 2.05) is 0 Å². The van der Waals surface area contributed by atoms with Crippen LogP contribution in [0.4, 0.5) is 13.2 Å². The Hall–Kier alpha value is -3.02. The molecule has 2 aliphatic rings. The molecule has 220 valence electrons. The molecule has 41 heavy (non-hydrogen) atoms. The van der Waals surface area contributed by atoms with E-state index in [1.165, 1.54) is 50.6 Å². The molecular formula is C30H34F3N3O4S. The van der Waals surface area contributed by atoms with Gasteiger partial charge in [0.05, 0.1) is 34.3 Å². The number of hydrogen-bond acceptors (Lipinski definition) is 7. The van der Waals surface area contributed by atoms with Crippen molar-refractivity contribution in [3.63, 3.8) is 0 Å². The zero-order chi connectivity index (χ0) is 29.4. The number of likely N-dealkylation sites (tertiary alicyclic amines) is 2. The summed E-state index contributed by atoms with van der Waals surface area (Å²) in [6, 6.07) is 9.63. The van der Waals surface area contributed by atoms with Crippen LogP contribution in [0.15, 0.2) is 47.4 Å². The van der Waals surface area contributed by atoms with Crippen molar-refractivity contribution in [2.45, 2.75) is 55.8 Å². The number of methoxy groups -OCH3 is 1. The molecule has 0 saturated carbocycles. The van der Waals surface area contributed by atoms with Crippen molar-refractivity contribution in [3.05, 3.63) is 59.2 Å². The second-order valence-electron chi connectivity index (χ2n) is 10.9. The highest BCUT2D eigenvalue weighted by molar-refractivity contribution is 7.90. The van der Waals surface area contributed by atoms with Gasteiger partial charge in [0.15, 0.2) is 9.84 Å².